The number of fused-ring (bicyclic) bond motifs is 1. The number of aliphatic hydroxyl groups is 1. The molecule has 2 aromatic heterocycles. The van der Waals surface area contributed by atoms with Crippen molar-refractivity contribution >= 4 is 11.2 Å². The van der Waals surface area contributed by atoms with E-state index >= 15 is 0 Å². The van der Waals surface area contributed by atoms with Gasteiger partial charge in [-0.1, -0.05) is 0 Å². The lowest BCUT2D eigenvalue weighted by atomic mass is 10.2. The van der Waals surface area contributed by atoms with Gasteiger partial charge < -0.3 is 9.67 Å². The molecule has 1 aliphatic heterocycles. The van der Waals surface area contributed by atoms with Gasteiger partial charge in [0, 0.05) is 31.2 Å². The summed E-state index contributed by atoms with van der Waals surface area (Å²) in [5.74, 6) is 0.946. The SMILES string of the molecule is CC(C)N1CCCC1Cn1c(CCO)nc2cccnc21. The van der Waals surface area contributed by atoms with Crippen molar-refractivity contribution in [3.63, 3.8) is 0 Å². The second-order valence-corrected chi connectivity index (χ2v) is 6.09. The number of rotatable bonds is 5. The summed E-state index contributed by atoms with van der Waals surface area (Å²) in [6.07, 6.45) is 4.89. The van der Waals surface area contributed by atoms with Gasteiger partial charge in [0.05, 0.1) is 6.61 Å². The second kappa shape index (κ2) is 6.12. The highest BCUT2D eigenvalue weighted by Gasteiger charge is 2.28. The molecule has 1 unspecified atom stereocenters. The van der Waals surface area contributed by atoms with Gasteiger partial charge in [0.25, 0.3) is 0 Å². The van der Waals surface area contributed by atoms with E-state index in [0.717, 1.165) is 23.5 Å². The summed E-state index contributed by atoms with van der Waals surface area (Å²) in [5.41, 5.74) is 1.87. The van der Waals surface area contributed by atoms with Crippen molar-refractivity contribution in [2.75, 3.05) is 13.2 Å². The number of pyridine rings is 1. The van der Waals surface area contributed by atoms with E-state index in [1.54, 1.807) is 0 Å². The third-order valence-corrected chi connectivity index (χ3v) is 4.40. The normalized spacial score (nSPS) is 19.9. The first kappa shape index (κ1) is 14.5. The molecule has 1 atom stereocenters. The van der Waals surface area contributed by atoms with Crippen LogP contribution in [-0.4, -0.2) is 49.8 Å². The van der Waals surface area contributed by atoms with Crippen LogP contribution in [0.4, 0.5) is 0 Å². The minimum Gasteiger partial charge on any atom is -0.396 e. The molecule has 0 saturated carbocycles. The summed E-state index contributed by atoms with van der Waals surface area (Å²) in [6.45, 7) is 6.75. The van der Waals surface area contributed by atoms with E-state index in [9.17, 15) is 5.11 Å². The Bertz CT molecular complexity index is 607. The van der Waals surface area contributed by atoms with Crippen LogP contribution in [0.5, 0.6) is 0 Å². The van der Waals surface area contributed by atoms with Crippen LogP contribution in [0.15, 0.2) is 18.3 Å². The van der Waals surface area contributed by atoms with Gasteiger partial charge in [-0.2, -0.15) is 0 Å². The van der Waals surface area contributed by atoms with Gasteiger partial charge in [0.1, 0.15) is 11.3 Å². The molecule has 1 N–H and O–H groups in total. The Labute approximate surface area is 125 Å². The van der Waals surface area contributed by atoms with Crippen molar-refractivity contribution in [1.82, 2.24) is 19.4 Å². The first-order valence-corrected chi connectivity index (χ1v) is 7.87. The number of aromatic nitrogens is 3. The van der Waals surface area contributed by atoms with Gasteiger partial charge >= 0.3 is 0 Å². The highest BCUT2D eigenvalue weighted by atomic mass is 16.3. The number of nitrogens with zero attached hydrogens (tertiary/aromatic N) is 4. The molecule has 1 fully saturated rings. The Hall–Kier alpha value is -1.46. The molecular weight excluding hydrogens is 264 g/mol. The quantitative estimate of drug-likeness (QED) is 0.912. The first-order chi connectivity index (χ1) is 10.2. The molecule has 114 valence electrons. The molecule has 0 aromatic carbocycles. The summed E-state index contributed by atoms with van der Waals surface area (Å²) in [6, 6.07) is 5.02. The third-order valence-electron chi connectivity index (χ3n) is 4.40. The van der Waals surface area contributed by atoms with E-state index in [-0.39, 0.29) is 6.61 Å². The molecule has 5 nitrogen and oxygen atoms in total. The average molecular weight is 288 g/mol. The Morgan fingerprint density at radius 1 is 1.43 bits per heavy atom. The van der Waals surface area contributed by atoms with Gasteiger partial charge in [-0.15, -0.1) is 0 Å². The predicted octanol–water partition coefficient (Wildman–Crippen LogP) is 1.84. The second-order valence-electron chi connectivity index (χ2n) is 6.09. The molecule has 1 saturated heterocycles. The van der Waals surface area contributed by atoms with Gasteiger partial charge in [-0.05, 0) is 45.4 Å². The fourth-order valence-electron chi connectivity index (χ4n) is 3.43. The van der Waals surface area contributed by atoms with Crippen LogP contribution in [0.2, 0.25) is 0 Å². The molecule has 3 rings (SSSR count). The molecule has 0 amide bonds. The fourth-order valence-corrected chi connectivity index (χ4v) is 3.43. The first-order valence-electron chi connectivity index (χ1n) is 7.87. The lowest BCUT2D eigenvalue weighted by Gasteiger charge is -2.29. The van der Waals surface area contributed by atoms with E-state index < -0.39 is 0 Å². The third kappa shape index (κ3) is 2.80. The molecule has 3 heterocycles. The molecule has 2 aromatic rings. The van der Waals surface area contributed by atoms with Crippen molar-refractivity contribution in [2.45, 2.75) is 51.7 Å². The van der Waals surface area contributed by atoms with Crippen molar-refractivity contribution in [1.29, 1.82) is 0 Å². The summed E-state index contributed by atoms with van der Waals surface area (Å²) < 4.78 is 2.21. The molecule has 0 bridgehead atoms. The minimum absolute atomic E-state index is 0.127. The van der Waals surface area contributed by atoms with Crippen LogP contribution < -0.4 is 0 Å². The van der Waals surface area contributed by atoms with Crippen LogP contribution in [0.3, 0.4) is 0 Å². The molecule has 21 heavy (non-hydrogen) atoms. The molecular formula is C16H24N4O. The van der Waals surface area contributed by atoms with Crippen LogP contribution in [-0.2, 0) is 13.0 Å². The van der Waals surface area contributed by atoms with Crippen LogP contribution in [0.25, 0.3) is 11.2 Å². The van der Waals surface area contributed by atoms with Crippen LogP contribution >= 0.6 is 0 Å². The highest BCUT2D eigenvalue weighted by Crippen LogP contribution is 2.24. The fraction of sp³-hybridized carbons (Fsp3) is 0.625. The monoisotopic (exact) mass is 288 g/mol. The zero-order valence-corrected chi connectivity index (χ0v) is 12.9. The van der Waals surface area contributed by atoms with E-state index in [1.807, 2.05) is 18.3 Å². The molecule has 0 radical (unpaired) electrons. The zero-order valence-electron chi connectivity index (χ0n) is 12.9. The topological polar surface area (TPSA) is 54.2 Å². The van der Waals surface area contributed by atoms with Crippen molar-refractivity contribution in [3.05, 3.63) is 24.2 Å². The van der Waals surface area contributed by atoms with Crippen LogP contribution in [0, 0.1) is 0 Å². The Morgan fingerprint density at radius 2 is 2.29 bits per heavy atom. The summed E-state index contributed by atoms with van der Waals surface area (Å²) in [7, 11) is 0. The molecule has 1 aliphatic rings. The molecule has 0 aliphatic carbocycles. The standard InChI is InChI=1S/C16H24N4O/c1-12(2)19-9-4-5-13(19)11-20-15(7-10-21)18-14-6-3-8-17-16(14)20/h3,6,8,12-13,21H,4-5,7,9-11H2,1-2H3. The van der Waals surface area contributed by atoms with Gasteiger partial charge in [-0.3, -0.25) is 4.90 Å². The number of likely N-dealkylation sites (tertiary alicyclic amines) is 1. The largest absolute Gasteiger partial charge is 0.396 e. The molecule has 5 heteroatoms. The number of aliphatic hydroxyl groups excluding tert-OH is 1. The number of imidazole rings is 1. The number of hydrogen-bond acceptors (Lipinski definition) is 4. The maximum absolute atomic E-state index is 9.29. The zero-order chi connectivity index (χ0) is 14.8. The minimum atomic E-state index is 0.127. The van der Waals surface area contributed by atoms with Crippen LogP contribution in [0.1, 0.15) is 32.5 Å². The van der Waals surface area contributed by atoms with E-state index in [0.29, 0.717) is 18.5 Å². The lowest BCUT2D eigenvalue weighted by molar-refractivity contribution is 0.186. The summed E-state index contributed by atoms with van der Waals surface area (Å²) in [5, 5.41) is 9.29. The maximum atomic E-state index is 9.29. The Balaban J connectivity index is 1.93. The van der Waals surface area contributed by atoms with E-state index in [1.165, 1.54) is 19.4 Å². The maximum Gasteiger partial charge on any atom is 0.160 e. The number of hydrogen-bond donors (Lipinski definition) is 1. The van der Waals surface area contributed by atoms with Crippen molar-refractivity contribution < 1.29 is 5.11 Å². The van der Waals surface area contributed by atoms with Crippen molar-refractivity contribution in [2.24, 2.45) is 0 Å². The Morgan fingerprint density at radius 3 is 3.05 bits per heavy atom. The van der Waals surface area contributed by atoms with Crippen molar-refractivity contribution in [3.8, 4) is 0 Å². The lowest BCUT2D eigenvalue weighted by Crippen LogP contribution is -2.38. The van der Waals surface area contributed by atoms with Gasteiger partial charge in [0.15, 0.2) is 5.65 Å². The smallest absolute Gasteiger partial charge is 0.160 e. The molecule has 0 spiro atoms. The highest BCUT2D eigenvalue weighted by molar-refractivity contribution is 5.71. The van der Waals surface area contributed by atoms with E-state index in [2.05, 4.69) is 33.3 Å². The average Bonchev–Trinajstić information content (AvgIpc) is 3.06. The van der Waals surface area contributed by atoms with E-state index in [4.69, 9.17) is 0 Å². The Kier molecular flexibility index (Phi) is 4.22. The summed E-state index contributed by atoms with van der Waals surface area (Å²) in [4.78, 5) is 11.7. The predicted molar refractivity (Wildman–Crippen MR) is 83.2 cm³/mol. The van der Waals surface area contributed by atoms with Gasteiger partial charge in [0.2, 0.25) is 0 Å². The summed E-state index contributed by atoms with van der Waals surface area (Å²) >= 11 is 0. The van der Waals surface area contributed by atoms with Gasteiger partial charge in [-0.25, -0.2) is 9.97 Å².